The Labute approximate surface area is 132 Å². The van der Waals surface area contributed by atoms with Gasteiger partial charge in [-0.2, -0.15) is 0 Å². The summed E-state index contributed by atoms with van der Waals surface area (Å²) in [7, 11) is 1.53. The van der Waals surface area contributed by atoms with E-state index in [1.165, 1.54) is 7.05 Å². The molecule has 4 aromatic rings. The Morgan fingerprint density at radius 1 is 0.773 bits per heavy atom. The van der Waals surface area contributed by atoms with Gasteiger partial charge in [-0.05, 0) is 39.1 Å². The number of hydrogen-bond acceptors (Lipinski definition) is 1. The number of nitroso groups, excluding NO2 is 1. The van der Waals surface area contributed by atoms with Gasteiger partial charge in [0.15, 0.2) is 7.05 Å². The first-order chi connectivity index (χ1) is 10.7. The van der Waals surface area contributed by atoms with E-state index < -0.39 is 0 Å². The predicted molar refractivity (Wildman–Crippen MR) is 93.2 cm³/mol. The van der Waals surface area contributed by atoms with Crippen molar-refractivity contribution < 1.29 is 4.76 Å². The Balaban J connectivity index is 2.41. The van der Waals surface area contributed by atoms with Gasteiger partial charge in [-0.25, -0.2) is 0 Å². The van der Waals surface area contributed by atoms with Gasteiger partial charge in [0.1, 0.15) is 0 Å². The van der Waals surface area contributed by atoms with E-state index in [1.807, 2.05) is 48.5 Å². The smallest absolute Gasteiger partial charge is 0.0843 e. The van der Waals surface area contributed by atoms with E-state index in [4.69, 9.17) is 11.6 Å². The summed E-state index contributed by atoms with van der Waals surface area (Å²) in [5.74, 6) is 0. The quantitative estimate of drug-likeness (QED) is 0.319. The van der Waals surface area contributed by atoms with Crippen molar-refractivity contribution in [3.8, 4) is 0 Å². The van der Waals surface area contributed by atoms with Gasteiger partial charge in [-0.1, -0.05) is 54.1 Å². The lowest BCUT2D eigenvalue weighted by molar-refractivity contribution is -0.426. The van der Waals surface area contributed by atoms with E-state index in [0.717, 1.165) is 37.1 Å². The predicted octanol–water partition coefficient (Wildman–Crippen LogP) is 5.84. The number of fused-ring (bicyclic) bond motifs is 6. The van der Waals surface area contributed by atoms with Crippen LogP contribution < -0.4 is 0 Å². The van der Waals surface area contributed by atoms with Gasteiger partial charge < -0.3 is 0 Å². The van der Waals surface area contributed by atoms with Crippen molar-refractivity contribution in [3.63, 3.8) is 0 Å². The molecule has 0 N–H and O–H groups in total. The van der Waals surface area contributed by atoms with Crippen LogP contribution in [0.3, 0.4) is 0 Å². The largest absolute Gasteiger partial charge is 0.264 e. The van der Waals surface area contributed by atoms with Crippen LogP contribution >= 0.6 is 11.6 Å². The average molecular weight is 307 g/mol. The van der Waals surface area contributed by atoms with Crippen LogP contribution in [0.4, 0.5) is 5.69 Å². The van der Waals surface area contributed by atoms with Crippen LogP contribution in [0.2, 0.25) is 5.02 Å². The molecule has 4 rings (SSSR count). The lowest BCUT2D eigenvalue weighted by Gasteiger charge is -2.10. The molecule has 0 aliphatic heterocycles. The fraction of sp³-hybridized carbons (Fsp3) is 0.0526. The molecule has 0 spiro atoms. The maximum Gasteiger partial charge on any atom is 0.264 e. The molecule has 0 radical (unpaired) electrons. The van der Waals surface area contributed by atoms with Gasteiger partial charge in [0, 0.05) is 20.8 Å². The zero-order valence-electron chi connectivity index (χ0n) is 12.0. The summed E-state index contributed by atoms with van der Waals surface area (Å²) in [4.78, 5) is 12.0. The zero-order chi connectivity index (χ0) is 15.3. The highest BCUT2D eigenvalue weighted by Crippen LogP contribution is 2.39. The maximum absolute atomic E-state index is 12.0. The number of halogens is 1. The standard InChI is InChI=1S/C19H13ClNO/c1-21(22)18-8-4-7-16-17-11-12(20)9-10-14(17)13-5-2-3-6-15(13)19(16)18/h2-11H,1H3/q+1. The second-order valence-corrected chi connectivity index (χ2v) is 5.87. The third-order valence-corrected chi connectivity index (χ3v) is 4.38. The van der Waals surface area contributed by atoms with Gasteiger partial charge in [0.25, 0.3) is 5.69 Å². The van der Waals surface area contributed by atoms with E-state index in [1.54, 1.807) is 0 Å². The van der Waals surface area contributed by atoms with Gasteiger partial charge in [0.2, 0.25) is 0 Å². The maximum atomic E-state index is 12.0. The molecule has 0 aliphatic carbocycles. The molecular formula is C19H13ClNO+. The first-order valence-corrected chi connectivity index (χ1v) is 7.48. The van der Waals surface area contributed by atoms with Crippen LogP contribution in [0.5, 0.6) is 0 Å². The van der Waals surface area contributed by atoms with Crippen LogP contribution in [0.15, 0.2) is 60.7 Å². The molecule has 0 saturated carbocycles. The van der Waals surface area contributed by atoms with Crippen LogP contribution in [0.25, 0.3) is 32.3 Å². The summed E-state index contributed by atoms with van der Waals surface area (Å²) in [6.07, 6.45) is 0. The Morgan fingerprint density at radius 2 is 1.41 bits per heavy atom. The number of rotatable bonds is 1. The highest BCUT2D eigenvalue weighted by Gasteiger charge is 2.17. The summed E-state index contributed by atoms with van der Waals surface area (Å²) >= 11 is 6.20. The average Bonchev–Trinajstić information content (AvgIpc) is 2.54. The highest BCUT2D eigenvalue weighted by molar-refractivity contribution is 6.33. The Hall–Kier alpha value is -2.45. The van der Waals surface area contributed by atoms with Crippen LogP contribution in [-0.4, -0.2) is 11.8 Å². The highest BCUT2D eigenvalue weighted by atomic mass is 35.5. The second-order valence-electron chi connectivity index (χ2n) is 5.43. The van der Waals surface area contributed by atoms with Gasteiger partial charge in [-0.15, -0.1) is 0 Å². The minimum absolute atomic E-state index is 0.676. The van der Waals surface area contributed by atoms with Crippen LogP contribution in [0, 0.1) is 4.91 Å². The Kier molecular flexibility index (Phi) is 2.88. The van der Waals surface area contributed by atoms with E-state index in [-0.39, 0.29) is 0 Å². The molecule has 0 amide bonds. The van der Waals surface area contributed by atoms with Crippen molar-refractivity contribution >= 4 is 49.6 Å². The zero-order valence-corrected chi connectivity index (χ0v) is 12.8. The minimum Gasteiger partial charge on any atom is -0.0843 e. The molecule has 0 aliphatic rings. The van der Waals surface area contributed by atoms with Crippen molar-refractivity contribution in [2.75, 3.05) is 7.05 Å². The molecule has 106 valence electrons. The van der Waals surface area contributed by atoms with Crippen LogP contribution in [0.1, 0.15) is 0 Å². The third-order valence-electron chi connectivity index (χ3n) is 4.14. The molecule has 0 fully saturated rings. The molecule has 0 bridgehead atoms. The number of hydrogen-bond donors (Lipinski definition) is 0. The molecule has 3 heteroatoms. The van der Waals surface area contributed by atoms with Crippen molar-refractivity contribution in [2.24, 2.45) is 0 Å². The summed E-state index contributed by atoms with van der Waals surface area (Å²) in [6.45, 7) is 0. The molecular weight excluding hydrogens is 294 g/mol. The first kappa shape index (κ1) is 13.2. The second kappa shape index (κ2) is 4.79. The van der Waals surface area contributed by atoms with Crippen molar-refractivity contribution in [1.29, 1.82) is 0 Å². The summed E-state index contributed by atoms with van der Waals surface area (Å²) in [5, 5.41) is 7.18. The normalized spacial score (nSPS) is 11.4. The van der Waals surface area contributed by atoms with Crippen LogP contribution in [-0.2, 0) is 0 Å². The summed E-state index contributed by atoms with van der Waals surface area (Å²) in [6, 6.07) is 19.9. The lowest BCUT2D eigenvalue weighted by Crippen LogP contribution is -1.93. The topological polar surface area (TPSA) is 20.1 Å². The van der Waals surface area contributed by atoms with Crippen molar-refractivity contribution in [2.45, 2.75) is 0 Å². The van der Waals surface area contributed by atoms with E-state index >= 15 is 0 Å². The molecule has 0 atom stereocenters. The van der Waals surface area contributed by atoms with E-state index in [0.29, 0.717) is 10.7 Å². The number of benzene rings is 4. The van der Waals surface area contributed by atoms with E-state index in [9.17, 15) is 4.91 Å². The molecule has 0 heterocycles. The van der Waals surface area contributed by atoms with Gasteiger partial charge in [0.05, 0.1) is 5.39 Å². The molecule has 4 aromatic carbocycles. The fourth-order valence-corrected chi connectivity index (χ4v) is 3.39. The molecule has 0 aromatic heterocycles. The molecule has 2 nitrogen and oxygen atoms in total. The molecule has 22 heavy (non-hydrogen) atoms. The summed E-state index contributed by atoms with van der Waals surface area (Å²) in [5.41, 5.74) is 0.676. The van der Waals surface area contributed by atoms with Gasteiger partial charge >= 0.3 is 0 Å². The van der Waals surface area contributed by atoms with Crippen molar-refractivity contribution in [3.05, 3.63) is 70.6 Å². The Morgan fingerprint density at radius 3 is 2.18 bits per heavy atom. The molecule has 0 saturated heterocycles. The third kappa shape index (κ3) is 1.81. The van der Waals surface area contributed by atoms with Crippen molar-refractivity contribution in [1.82, 2.24) is 0 Å². The lowest BCUT2D eigenvalue weighted by atomic mass is 9.93. The number of nitrogens with zero attached hydrogens (tertiary/aromatic N) is 1. The van der Waals surface area contributed by atoms with E-state index in [2.05, 4.69) is 12.1 Å². The summed E-state index contributed by atoms with van der Waals surface area (Å²) < 4.78 is 0.922. The monoisotopic (exact) mass is 306 g/mol. The minimum atomic E-state index is 0.676. The Bertz CT molecular complexity index is 1070. The van der Waals surface area contributed by atoms with Gasteiger partial charge in [-0.3, -0.25) is 0 Å². The first-order valence-electron chi connectivity index (χ1n) is 7.10. The fourth-order valence-electron chi connectivity index (χ4n) is 3.22. The SMILES string of the molecule is C[N+](=O)c1cccc2c3cc(Cl)ccc3c3ccccc3c12. The molecule has 0 unspecified atom stereocenters.